The number of carbonyl (C=O) groups excluding carboxylic acids is 1. The molecule has 3 aromatic rings. The van der Waals surface area contributed by atoms with E-state index in [0.717, 1.165) is 30.3 Å². The quantitative estimate of drug-likeness (QED) is 0.543. The number of hydrogen-bond donors (Lipinski definition) is 1. The zero-order valence-corrected chi connectivity index (χ0v) is 16.4. The molecule has 1 fully saturated rings. The molecule has 0 radical (unpaired) electrons. The SMILES string of the molecule is CN=C(NCc1cnn(-c2ccccc2)c1)N1CCN(C(=O)c2ccco2)CC1. The molecular formula is C21H24N6O2. The number of carbonyl (C=O) groups is 1. The molecule has 0 unspecified atom stereocenters. The van der Waals surface area contributed by atoms with Crippen LogP contribution in [0.15, 0.2) is 70.5 Å². The first-order chi connectivity index (χ1) is 14.2. The average molecular weight is 392 g/mol. The Labute approximate surface area is 169 Å². The summed E-state index contributed by atoms with van der Waals surface area (Å²) in [7, 11) is 1.77. The van der Waals surface area contributed by atoms with E-state index >= 15 is 0 Å². The van der Waals surface area contributed by atoms with Gasteiger partial charge in [-0.15, -0.1) is 0 Å². The molecule has 0 atom stereocenters. The summed E-state index contributed by atoms with van der Waals surface area (Å²) in [5, 5.41) is 7.82. The van der Waals surface area contributed by atoms with Crippen LogP contribution in [0.4, 0.5) is 0 Å². The number of furan rings is 1. The molecule has 1 aliphatic rings. The van der Waals surface area contributed by atoms with Gasteiger partial charge in [-0.25, -0.2) is 4.68 Å². The van der Waals surface area contributed by atoms with Crippen molar-refractivity contribution in [3.63, 3.8) is 0 Å². The fourth-order valence-corrected chi connectivity index (χ4v) is 3.36. The minimum Gasteiger partial charge on any atom is -0.459 e. The first-order valence-electron chi connectivity index (χ1n) is 9.62. The summed E-state index contributed by atoms with van der Waals surface area (Å²) < 4.78 is 7.08. The zero-order chi connectivity index (χ0) is 20.1. The van der Waals surface area contributed by atoms with Crippen molar-refractivity contribution in [1.82, 2.24) is 24.9 Å². The van der Waals surface area contributed by atoms with E-state index in [4.69, 9.17) is 4.42 Å². The van der Waals surface area contributed by atoms with Gasteiger partial charge in [0, 0.05) is 51.5 Å². The second kappa shape index (κ2) is 8.64. The average Bonchev–Trinajstić information content (AvgIpc) is 3.47. The molecule has 2 aromatic heterocycles. The molecule has 4 rings (SSSR count). The highest BCUT2D eigenvalue weighted by Crippen LogP contribution is 2.10. The number of amides is 1. The maximum Gasteiger partial charge on any atom is 0.289 e. The fourth-order valence-electron chi connectivity index (χ4n) is 3.36. The lowest BCUT2D eigenvalue weighted by atomic mass is 10.3. The molecule has 8 heteroatoms. The highest BCUT2D eigenvalue weighted by Gasteiger charge is 2.25. The maximum atomic E-state index is 12.4. The van der Waals surface area contributed by atoms with Crippen LogP contribution in [0.5, 0.6) is 0 Å². The summed E-state index contributed by atoms with van der Waals surface area (Å²) in [5.74, 6) is 1.14. The molecule has 0 spiro atoms. The molecule has 0 aliphatic carbocycles. The number of rotatable bonds is 4. The zero-order valence-electron chi connectivity index (χ0n) is 16.4. The van der Waals surface area contributed by atoms with Gasteiger partial charge in [-0.2, -0.15) is 5.10 Å². The van der Waals surface area contributed by atoms with Gasteiger partial charge in [0.15, 0.2) is 11.7 Å². The van der Waals surface area contributed by atoms with E-state index in [1.165, 1.54) is 6.26 Å². The Kier molecular flexibility index (Phi) is 5.60. The summed E-state index contributed by atoms with van der Waals surface area (Å²) in [6.07, 6.45) is 5.39. The van der Waals surface area contributed by atoms with E-state index in [1.807, 2.05) is 52.3 Å². The third-order valence-corrected chi connectivity index (χ3v) is 4.92. The van der Waals surface area contributed by atoms with Gasteiger partial charge >= 0.3 is 0 Å². The van der Waals surface area contributed by atoms with Crippen molar-refractivity contribution in [1.29, 1.82) is 0 Å². The fraction of sp³-hybridized carbons (Fsp3) is 0.286. The first-order valence-corrected chi connectivity index (χ1v) is 9.62. The Bertz CT molecular complexity index is 956. The highest BCUT2D eigenvalue weighted by molar-refractivity contribution is 5.91. The third-order valence-electron chi connectivity index (χ3n) is 4.92. The van der Waals surface area contributed by atoms with Crippen LogP contribution in [0.2, 0.25) is 0 Å². The Morgan fingerprint density at radius 2 is 1.86 bits per heavy atom. The first kappa shape index (κ1) is 18.8. The van der Waals surface area contributed by atoms with Gasteiger partial charge in [0.05, 0.1) is 18.1 Å². The normalized spacial score (nSPS) is 14.9. The van der Waals surface area contributed by atoms with Crippen molar-refractivity contribution in [3.05, 3.63) is 72.4 Å². The van der Waals surface area contributed by atoms with Crippen molar-refractivity contribution in [2.24, 2.45) is 4.99 Å². The maximum absolute atomic E-state index is 12.4. The number of piperazine rings is 1. The van der Waals surface area contributed by atoms with Gasteiger partial charge in [-0.3, -0.25) is 9.79 Å². The van der Waals surface area contributed by atoms with Crippen molar-refractivity contribution in [3.8, 4) is 5.69 Å². The number of hydrogen-bond acceptors (Lipinski definition) is 4. The van der Waals surface area contributed by atoms with Crippen LogP contribution in [0, 0.1) is 0 Å². The Balaban J connectivity index is 1.30. The lowest BCUT2D eigenvalue weighted by Gasteiger charge is -2.36. The number of aromatic nitrogens is 2. The van der Waals surface area contributed by atoms with Crippen LogP contribution in [-0.4, -0.2) is 64.7 Å². The van der Waals surface area contributed by atoms with Crippen LogP contribution in [0.25, 0.3) is 5.69 Å². The van der Waals surface area contributed by atoms with Crippen molar-refractivity contribution in [2.45, 2.75) is 6.54 Å². The molecule has 29 heavy (non-hydrogen) atoms. The molecule has 3 heterocycles. The largest absolute Gasteiger partial charge is 0.459 e. The molecule has 1 saturated heterocycles. The van der Waals surface area contributed by atoms with Gasteiger partial charge < -0.3 is 19.5 Å². The van der Waals surface area contributed by atoms with Gasteiger partial charge in [0.25, 0.3) is 5.91 Å². The van der Waals surface area contributed by atoms with Crippen LogP contribution in [0.3, 0.4) is 0 Å². The number of guanidine groups is 1. The molecule has 150 valence electrons. The summed E-state index contributed by atoms with van der Waals surface area (Å²) in [6.45, 7) is 3.33. The Morgan fingerprint density at radius 1 is 1.10 bits per heavy atom. The van der Waals surface area contributed by atoms with E-state index in [1.54, 1.807) is 19.2 Å². The molecule has 0 bridgehead atoms. The minimum absolute atomic E-state index is 0.0640. The molecule has 1 amide bonds. The lowest BCUT2D eigenvalue weighted by Crippen LogP contribution is -2.53. The van der Waals surface area contributed by atoms with E-state index in [2.05, 4.69) is 20.3 Å². The number of para-hydroxylation sites is 1. The van der Waals surface area contributed by atoms with E-state index < -0.39 is 0 Å². The number of nitrogens with one attached hydrogen (secondary N) is 1. The van der Waals surface area contributed by atoms with Crippen molar-refractivity contribution < 1.29 is 9.21 Å². The third kappa shape index (κ3) is 4.31. The predicted octanol–water partition coefficient (Wildman–Crippen LogP) is 2.00. The highest BCUT2D eigenvalue weighted by atomic mass is 16.3. The second-order valence-electron chi connectivity index (χ2n) is 6.79. The summed E-state index contributed by atoms with van der Waals surface area (Å²) in [6, 6.07) is 13.4. The van der Waals surface area contributed by atoms with Gasteiger partial charge in [0.1, 0.15) is 0 Å². The summed E-state index contributed by atoms with van der Waals surface area (Å²) in [5.41, 5.74) is 2.10. The van der Waals surface area contributed by atoms with Gasteiger partial charge in [-0.1, -0.05) is 18.2 Å². The second-order valence-corrected chi connectivity index (χ2v) is 6.79. The minimum atomic E-state index is -0.0640. The standard InChI is InChI=1S/C21H24N6O2/c1-22-21(23-14-17-15-24-27(16-17)18-6-3-2-4-7-18)26-11-9-25(10-12-26)20(28)19-8-5-13-29-19/h2-8,13,15-16H,9-12,14H2,1H3,(H,22,23). The Morgan fingerprint density at radius 3 is 2.55 bits per heavy atom. The van der Waals surface area contributed by atoms with Crippen LogP contribution < -0.4 is 5.32 Å². The summed E-state index contributed by atoms with van der Waals surface area (Å²) >= 11 is 0. The number of nitrogens with zero attached hydrogens (tertiary/aromatic N) is 5. The van der Waals surface area contributed by atoms with Gasteiger partial charge in [0.2, 0.25) is 0 Å². The van der Waals surface area contributed by atoms with E-state index in [-0.39, 0.29) is 5.91 Å². The van der Waals surface area contributed by atoms with Gasteiger partial charge in [-0.05, 0) is 24.3 Å². The summed E-state index contributed by atoms with van der Waals surface area (Å²) in [4.78, 5) is 20.8. The molecule has 1 aromatic carbocycles. The molecular weight excluding hydrogens is 368 g/mol. The number of aliphatic imine (C=N–C) groups is 1. The molecule has 1 N–H and O–H groups in total. The van der Waals surface area contributed by atoms with Crippen LogP contribution in [-0.2, 0) is 6.54 Å². The van der Waals surface area contributed by atoms with Crippen LogP contribution in [0.1, 0.15) is 16.1 Å². The Hall–Kier alpha value is -3.55. The van der Waals surface area contributed by atoms with Crippen molar-refractivity contribution in [2.75, 3.05) is 33.2 Å². The predicted molar refractivity (Wildman–Crippen MR) is 110 cm³/mol. The monoisotopic (exact) mass is 392 g/mol. The molecule has 0 saturated carbocycles. The number of benzene rings is 1. The smallest absolute Gasteiger partial charge is 0.289 e. The van der Waals surface area contributed by atoms with E-state index in [9.17, 15) is 4.79 Å². The molecule has 1 aliphatic heterocycles. The lowest BCUT2D eigenvalue weighted by molar-refractivity contribution is 0.0657. The molecule has 8 nitrogen and oxygen atoms in total. The topological polar surface area (TPSA) is 78.9 Å². The van der Waals surface area contributed by atoms with Crippen molar-refractivity contribution >= 4 is 11.9 Å². The van der Waals surface area contributed by atoms with Crippen LogP contribution >= 0.6 is 0 Å². The van der Waals surface area contributed by atoms with E-state index in [0.29, 0.717) is 25.4 Å².